The van der Waals surface area contributed by atoms with Gasteiger partial charge in [-0.1, -0.05) is 6.92 Å². The van der Waals surface area contributed by atoms with Crippen LogP contribution in [-0.4, -0.2) is 65.7 Å². The Morgan fingerprint density at radius 2 is 1.88 bits per heavy atom. The average Bonchev–Trinajstić information content (AvgIpc) is 2.72. The normalized spacial score (nSPS) is 35.5. The summed E-state index contributed by atoms with van der Waals surface area (Å²) in [4.78, 5) is 47.8. The molecule has 1 aromatic rings. The van der Waals surface area contributed by atoms with Gasteiger partial charge in [0.25, 0.3) is 5.91 Å². The number of ketones is 2. The van der Waals surface area contributed by atoms with E-state index in [1.165, 1.54) is 6.92 Å². The Kier molecular flexibility index (Phi) is 4.78. The summed E-state index contributed by atoms with van der Waals surface area (Å²) in [6, 6.07) is 0.873. The molecule has 0 radical (unpaired) electrons. The summed E-state index contributed by atoms with van der Waals surface area (Å²) in [5.74, 6) is -10.9. The summed E-state index contributed by atoms with van der Waals surface area (Å²) in [5.41, 5.74) is 5.72. The molecule has 0 bridgehead atoms. The largest absolute Gasteiger partial charge is 0.508 e. The first kappa shape index (κ1) is 22.6. The maximum absolute atomic E-state index is 13.4. The molecular formula is C20H21N3O10. The van der Waals surface area contributed by atoms with Crippen LogP contribution in [0, 0.1) is 27.9 Å². The second-order valence-corrected chi connectivity index (χ2v) is 8.72. The van der Waals surface area contributed by atoms with Gasteiger partial charge in [-0.25, -0.2) is 0 Å². The van der Waals surface area contributed by atoms with Gasteiger partial charge in [0, 0.05) is 30.0 Å². The summed E-state index contributed by atoms with van der Waals surface area (Å²) in [7, 11) is 0. The fourth-order valence-corrected chi connectivity index (χ4v) is 5.78. The number of fused-ring (bicyclic) bond motifs is 3. The highest BCUT2D eigenvalue weighted by Crippen LogP contribution is 2.57. The Morgan fingerprint density at radius 3 is 2.42 bits per heavy atom. The van der Waals surface area contributed by atoms with E-state index in [0.717, 1.165) is 6.07 Å². The Balaban J connectivity index is 1.97. The first-order valence-corrected chi connectivity index (χ1v) is 9.95. The van der Waals surface area contributed by atoms with E-state index >= 15 is 0 Å². The quantitative estimate of drug-likeness (QED) is 0.0898. The molecule has 4 rings (SSSR count). The number of aromatic hydroxyl groups is 1. The highest BCUT2D eigenvalue weighted by molar-refractivity contribution is 6.20. The fraction of sp³-hybridized carbons (Fsp3) is 0.450. The van der Waals surface area contributed by atoms with Crippen LogP contribution < -0.4 is 11.5 Å². The summed E-state index contributed by atoms with van der Waals surface area (Å²) in [6.07, 6.45) is -4.48. The van der Waals surface area contributed by atoms with Gasteiger partial charge < -0.3 is 37.0 Å². The molecule has 1 aromatic carbocycles. The van der Waals surface area contributed by atoms with Gasteiger partial charge in [-0.3, -0.25) is 24.5 Å². The van der Waals surface area contributed by atoms with Gasteiger partial charge in [0.1, 0.15) is 17.4 Å². The first-order chi connectivity index (χ1) is 15.3. The van der Waals surface area contributed by atoms with Gasteiger partial charge in [0.05, 0.1) is 22.5 Å². The standard InChI is InChI=1S/C20H21N3O10/c1-4-9-6(21)3-7(23(32)33)15(26)12(9)16(27)13-10(4)14(25)5-2-8(24)11(19(22)30)17(28)20(5,31)18(13)29/h3-5,10,13-14,18,25-26,28-29,31H,2,21H2,1H3,(H2,22,30)/t4-,5?,10?,13?,14-,18?,20?/m1/s1. The van der Waals surface area contributed by atoms with Gasteiger partial charge in [0.2, 0.25) is 5.75 Å². The summed E-state index contributed by atoms with van der Waals surface area (Å²) in [6.45, 7) is 1.50. The lowest BCUT2D eigenvalue weighted by atomic mass is 9.51. The highest BCUT2D eigenvalue weighted by Gasteiger charge is 2.67. The van der Waals surface area contributed by atoms with E-state index in [9.17, 15) is 50.0 Å². The van der Waals surface area contributed by atoms with Gasteiger partial charge in [-0.2, -0.15) is 0 Å². The Labute approximate surface area is 185 Å². The average molecular weight is 463 g/mol. The number of nitro benzene ring substituents is 1. The number of nitrogens with zero attached hydrogens (tertiary/aromatic N) is 1. The van der Waals surface area contributed by atoms with Crippen LogP contribution in [0.5, 0.6) is 5.75 Å². The number of amides is 1. The minimum atomic E-state index is -2.80. The van der Waals surface area contributed by atoms with Crippen molar-refractivity contribution in [2.75, 3.05) is 5.73 Å². The molecule has 1 amide bonds. The van der Waals surface area contributed by atoms with E-state index in [1.54, 1.807) is 0 Å². The predicted molar refractivity (Wildman–Crippen MR) is 108 cm³/mol. The van der Waals surface area contributed by atoms with Crippen LogP contribution in [0.25, 0.3) is 0 Å². The number of hydrogen-bond donors (Lipinski definition) is 7. The van der Waals surface area contributed by atoms with E-state index < -0.39 is 98.6 Å². The molecule has 13 nitrogen and oxygen atoms in total. The number of aliphatic hydroxyl groups is 4. The zero-order valence-electron chi connectivity index (χ0n) is 17.1. The van der Waals surface area contributed by atoms with Gasteiger partial charge in [-0.05, 0) is 11.5 Å². The van der Waals surface area contributed by atoms with Crippen LogP contribution in [0.1, 0.15) is 35.2 Å². The number of primary amides is 1. The third-order valence-corrected chi connectivity index (χ3v) is 7.25. The van der Waals surface area contributed by atoms with Crippen molar-refractivity contribution in [3.05, 3.63) is 38.6 Å². The number of anilines is 1. The monoisotopic (exact) mass is 463 g/mol. The van der Waals surface area contributed by atoms with E-state index in [-0.39, 0.29) is 11.3 Å². The van der Waals surface area contributed by atoms with Crippen LogP contribution in [0.15, 0.2) is 17.4 Å². The van der Waals surface area contributed by atoms with Gasteiger partial charge in [0.15, 0.2) is 17.2 Å². The Bertz CT molecular complexity index is 1180. The van der Waals surface area contributed by atoms with Crippen molar-refractivity contribution in [3.63, 3.8) is 0 Å². The smallest absolute Gasteiger partial charge is 0.313 e. The Morgan fingerprint density at radius 1 is 1.27 bits per heavy atom. The molecule has 1 saturated carbocycles. The molecule has 33 heavy (non-hydrogen) atoms. The minimum absolute atomic E-state index is 0.0146. The topological polar surface area (TPSA) is 248 Å². The van der Waals surface area contributed by atoms with Crippen LogP contribution in [0.4, 0.5) is 11.4 Å². The summed E-state index contributed by atoms with van der Waals surface area (Å²) in [5, 5.41) is 65.8. The van der Waals surface area contributed by atoms with Crippen molar-refractivity contribution in [1.82, 2.24) is 0 Å². The van der Waals surface area contributed by atoms with Crippen LogP contribution in [0.2, 0.25) is 0 Å². The number of benzene rings is 1. The van der Waals surface area contributed by atoms with Crippen molar-refractivity contribution in [2.45, 2.75) is 37.1 Å². The zero-order valence-corrected chi connectivity index (χ0v) is 17.1. The Hall–Kier alpha value is -3.55. The number of nitrogen functional groups attached to an aromatic ring is 1. The molecule has 0 saturated heterocycles. The predicted octanol–water partition coefficient (Wildman–Crippen LogP) is -1.23. The van der Waals surface area contributed by atoms with E-state index in [4.69, 9.17) is 11.5 Å². The molecule has 9 N–H and O–H groups in total. The molecular weight excluding hydrogens is 442 g/mol. The molecule has 13 heteroatoms. The third kappa shape index (κ3) is 2.66. The number of carbonyl (C=O) groups is 3. The lowest BCUT2D eigenvalue weighted by Gasteiger charge is -2.56. The molecule has 7 atom stereocenters. The van der Waals surface area contributed by atoms with Crippen molar-refractivity contribution in [2.24, 2.45) is 23.5 Å². The summed E-state index contributed by atoms with van der Waals surface area (Å²) < 4.78 is 0. The van der Waals surface area contributed by atoms with Crippen LogP contribution in [-0.2, 0) is 9.59 Å². The number of hydrogen-bond acceptors (Lipinski definition) is 11. The summed E-state index contributed by atoms with van der Waals surface area (Å²) >= 11 is 0. The molecule has 0 heterocycles. The fourth-order valence-electron chi connectivity index (χ4n) is 5.78. The van der Waals surface area contributed by atoms with Crippen molar-refractivity contribution >= 4 is 28.8 Å². The van der Waals surface area contributed by atoms with E-state index in [2.05, 4.69) is 0 Å². The minimum Gasteiger partial charge on any atom is -0.508 e. The van der Waals surface area contributed by atoms with Crippen molar-refractivity contribution < 1.29 is 44.8 Å². The number of phenols is 1. The number of rotatable bonds is 2. The molecule has 0 aromatic heterocycles. The van der Waals surface area contributed by atoms with E-state index in [0.29, 0.717) is 0 Å². The molecule has 0 spiro atoms. The number of phenolic OH excluding ortho intramolecular Hbond substituents is 1. The number of Topliss-reactive ketones (excluding diaryl/α,β-unsaturated/α-hetero) is 2. The SMILES string of the molecule is C[C@@H]1c2c(N)cc([N+](=O)[O-])c(O)c2C(=O)C2C1[C@H](O)C1CC(=O)C(C(N)=O)=C(O)C1(O)C2O. The highest BCUT2D eigenvalue weighted by atomic mass is 16.6. The lowest BCUT2D eigenvalue weighted by Crippen LogP contribution is -2.69. The molecule has 176 valence electrons. The third-order valence-electron chi connectivity index (χ3n) is 7.25. The van der Waals surface area contributed by atoms with Crippen LogP contribution in [0.3, 0.4) is 0 Å². The van der Waals surface area contributed by atoms with Crippen molar-refractivity contribution in [3.8, 4) is 5.75 Å². The number of carbonyl (C=O) groups excluding carboxylic acids is 3. The zero-order chi connectivity index (χ0) is 24.7. The number of nitrogens with two attached hydrogens (primary N) is 2. The molecule has 1 fully saturated rings. The van der Waals surface area contributed by atoms with Gasteiger partial charge >= 0.3 is 5.69 Å². The van der Waals surface area contributed by atoms with E-state index in [1.807, 2.05) is 0 Å². The van der Waals surface area contributed by atoms with Crippen LogP contribution >= 0.6 is 0 Å². The second-order valence-electron chi connectivity index (χ2n) is 8.72. The molecule has 0 aliphatic heterocycles. The first-order valence-electron chi connectivity index (χ1n) is 9.95. The molecule has 3 aliphatic carbocycles. The molecule has 3 aliphatic rings. The number of aliphatic hydroxyl groups excluding tert-OH is 3. The molecule has 5 unspecified atom stereocenters. The maximum atomic E-state index is 13.4. The van der Waals surface area contributed by atoms with Crippen molar-refractivity contribution in [1.29, 1.82) is 0 Å². The lowest BCUT2D eigenvalue weighted by molar-refractivity contribution is -0.385. The second kappa shape index (κ2) is 6.97. The number of nitro groups is 1. The van der Waals surface area contributed by atoms with Gasteiger partial charge in [-0.15, -0.1) is 0 Å². The maximum Gasteiger partial charge on any atom is 0.313 e.